The number of amides is 1. The van der Waals surface area contributed by atoms with E-state index in [9.17, 15) is 4.79 Å². The molecule has 25 heavy (non-hydrogen) atoms. The van der Waals surface area contributed by atoms with Crippen LogP contribution >= 0.6 is 0 Å². The molecule has 1 aromatic heterocycles. The fourth-order valence-corrected chi connectivity index (χ4v) is 2.82. The Hall–Kier alpha value is -3.07. The number of hydrogen-bond acceptors (Lipinski definition) is 1. The molecular weight excluding hydrogens is 308 g/mol. The second-order valence-electron chi connectivity index (χ2n) is 5.95. The summed E-state index contributed by atoms with van der Waals surface area (Å²) in [7, 11) is 0. The monoisotopic (exact) mass is 330 g/mol. The lowest BCUT2D eigenvalue weighted by atomic mass is 10.1. The van der Waals surface area contributed by atoms with Crippen LogP contribution in [0.2, 0.25) is 0 Å². The lowest BCUT2D eigenvalue weighted by Gasteiger charge is -2.20. The highest BCUT2D eigenvalue weighted by Gasteiger charge is 2.11. The van der Waals surface area contributed by atoms with Crippen molar-refractivity contribution in [2.75, 3.05) is 6.54 Å². The number of aromatic amines is 1. The van der Waals surface area contributed by atoms with Gasteiger partial charge in [-0.1, -0.05) is 54.6 Å². The van der Waals surface area contributed by atoms with E-state index >= 15 is 0 Å². The Balaban J connectivity index is 1.76. The van der Waals surface area contributed by atoms with E-state index in [1.807, 2.05) is 71.8 Å². The lowest BCUT2D eigenvalue weighted by Crippen LogP contribution is -2.29. The van der Waals surface area contributed by atoms with Gasteiger partial charge in [0.05, 0.1) is 0 Å². The van der Waals surface area contributed by atoms with Gasteiger partial charge in [-0.25, -0.2) is 0 Å². The number of aromatic nitrogens is 1. The van der Waals surface area contributed by atoms with Crippen LogP contribution in [0, 0.1) is 0 Å². The van der Waals surface area contributed by atoms with Gasteiger partial charge < -0.3 is 9.88 Å². The number of benzene rings is 2. The molecule has 0 atom stereocenters. The zero-order chi connectivity index (χ0) is 17.5. The van der Waals surface area contributed by atoms with Crippen LogP contribution in [0.4, 0.5) is 0 Å². The summed E-state index contributed by atoms with van der Waals surface area (Å²) >= 11 is 0. The Bertz CT molecular complexity index is 877. The number of carbonyl (C=O) groups excluding carboxylic acids is 1. The van der Waals surface area contributed by atoms with Gasteiger partial charge in [0, 0.05) is 36.3 Å². The molecule has 1 heterocycles. The summed E-state index contributed by atoms with van der Waals surface area (Å²) in [4.78, 5) is 17.8. The first-order valence-corrected chi connectivity index (χ1v) is 8.46. The molecule has 0 spiro atoms. The number of rotatable bonds is 7. The van der Waals surface area contributed by atoms with Crippen LogP contribution in [-0.4, -0.2) is 22.3 Å². The molecule has 0 saturated carbocycles. The molecule has 126 valence electrons. The smallest absolute Gasteiger partial charge is 0.246 e. The Morgan fingerprint density at radius 2 is 1.84 bits per heavy atom. The van der Waals surface area contributed by atoms with Crippen LogP contribution in [0.5, 0.6) is 0 Å². The molecule has 0 unspecified atom stereocenters. The third kappa shape index (κ3) is 4.27. The molecule has 0 aliphatic rings. The van der Waals surface area contributed by atoms with Crippen LogP contribution in [0.1, 0.15) is 17.5 Å². The zero-order valence-electron chi connectivity index (χ0n) is 14.2. The quantitative estimate of drug-likeness (QED) is 0.491. The van der Waals surface area contributed by atoms with Gasteiger partial charge >= 0.3 is 0 Å². The summed E-state index contributed by atoms with van der Waals surface area (Å²) in [6.45, 7) is 5.02. The molecule has 0 aliphatic heterocycles. The van der Waals surface area contributed by atoms with Gasteiger partial charge in [-0.05, 0) is 29.7 Å². The molecule has 3 rings (SSSR count). The van der Waals surface area contributed by atoms with Crippen LogP contribution in [0.25, 0.3) is 17.0 Å². The normalized spacial score (nSPS) is 11.0. The van der Waals surface area contributed by atoms with Crippen molar-refractivity contribution in [1.82, 2.24) is 9.88 Å². The highest BCUT2D eigenvalue weighted by molar-refractivity contribution is 5.96. The molecule has 1 amide bonds. The summed E-state index contributed by atoms with van der Waals surface area (Å²) in [6.07, 6.45) is 8.09. The van der Waals surface area contributed by atoms with Gasteiger partial charge in [0.1, 0.15) is 0 Å². The zero-order valence-corrected chi connectivity index (χ0v) is 14.2. The molecule has 0 saturated heterocycles. The molecule has 0 radical (unpaired) electrons. The third-order valence-electron chi connectivity index (χ3n) is 4.16. The van der Waals surface area contributed by atoms with Crippen molar-refractivity contribution in [3.05, 3.63) is 90.7 Å². The molecule has 3 heteroatoms. The predicted molar refractivity (Wildman–Crippen MR) is 104 cm³/mol. The average molecular weight is 330 g/mol. The molecule has 1 N–H and O–H groups in total. The van der Waals surface area contributed by atoms with E-state index in [1.165, 1.54) is 0 Å². The number of nitrogens with zero attached hydrogens (tertiary/aromatic N) is 1. The van der Waals surface area contributed by atoms with E-state index in [4.69, 9.17) is 0 Å². The topological polar surface area (TPSA) is 36.1 Å². The molecule has 0 bridgehead atoms. The van der Waals surface area contributed by atoms with Gasteiger partial charge in [-0.2, -0.15) is 0 Å². The van der Waals surface area contributed by atoms with E-state index in [0.29, 0.717) is 13.1 Å². The maximum atomic E-state index is 12.7. The third-order valence-corrected chi connectivity index (χ3v) is 4.16. The maximum Gasteiger partial charge on any atom is 0.246 e. The van der Waals surface area contributed by atoms with E-state index < -0.39 is 0 Å². The van der Waals surface area contributed by atoms with E-state index in [-0.39, 0.29) is 5.91 Å². The van der Waals surface area contributed by atoms with Gasteiger partial charge in [-0.3, -0.25) is 4.79 Å². The second kappa shape index (κ2) is 8.15. The van der Waals surface area contributed by atoms with Gasteiger partial charge in [-0.15, -0.1) is 6.58 Å². The molecule has 0 aliphatic carbocycles. The van der Waals surface area contributed by atoms with Gasteiger partial charge in [0.15, 0.2) is 0 Å². The summed E-state index contributed by atoms with van der Waals surface area (Å²) in [5.74, 6) is 0.0102. The molecular formula is C22H22N2O. The Kier molecular flexibility index (Phi) is 5.47. The first-order valence-electron chi connectivity index (χ1n) is 8.46. The van der Waals surface area contributed by atoms with Crippen molar-refractivity contribution >= 4 is 22.9 Å². The number of para-hydroxylation sites is 1. The number of hydrogen-bond donors (Lipinski definition) is 1. The summed E-state index contributed by atoms with van der Waals surface area (Å²) in [6, 6.07) is 18.1. The fourth-order valence-electron chi connectivity index (χ4n) is 2.82. The Morgan fingerprint density at radius 3 is 2.64 bits per heavy atom. The van der Waals surface area contributed by atoms with Crippen LogP contribution < -0.4 is 0 Å². The van der Waals surface area contributed by atoms with Gasteiger partial charge in [0.2, 0.25) is 5.91 Å². The Morgan fingerprint density at radius 1 is 1.08 bits per heavy atom. The van der Waals surface area contributed by atoms with Crippen molar-refractivity contribution < 1.29 is 4.79 Å². The van der Waals surface area contributed by atoms with Crippen molar-refractivity contribution in [2.24, 2.45) is 0 Å². The minimum Gasteiger partial charge on any atom is -0.361 e. The largest absolute Gasteiger partial charge is 0.361 e. The SMILES string of the molecule is C=CCCN(Cc1ccccc1)C(=O)/C=C/c1c[nH]c2ccccc12. The van der Waals surface area contributed by atoms with E-state index in [2.05, 4.69) is 17.6 Å². The van der Waals surface area contributed by atoms with Crippen LogP contribution in [-0.2, 0) is 11.3 Å². The highest BCUT2D eigenvalue weighted by atomic mass is 16.2. The summed E-state index contributed by atoms with van der Waals surface area (Å²) in [5.41, 5.74) is 3.22. The number of fused-ring (bicyclic) bond motifs is 1. The highest BCUT2D eigenvalue weighted by Crippen LogP contribution is 2.19. The predicted octanol–water partition coefficient (Wildman–Crippen LogP) is 4.79. The summed E-state index contributed by atoms with van der Waals surface area (Å²) < 4.78 is 0. The first kappa shape index (κ1) is 16.8. The Labute approximate surface area is 148 Å². The van der Waals surface area contributed by atoms with Crippen LogP contribution in [0.15, 0.2) is 79.5 Å². The van der Waals surface area contributed by atoms with Gasteiger partial charge in [0.25, 0.3) is 0 Å². The van der Waals surface area contributed by atoms with E-state index in [0.717, 1.165) is 28.5 Å². The number of nitrogens with one attached hydrogen (secondary N) is 1. The van der Waals surface area contributed by atoms with Crippen molar-refractivity contribution in [3.8, 4) is 0 Å². The molecule has 2 aromatic carbocycles. The van der Waals surface area contributed by atoms with Crippen molar-refractivity contribution in [3.63, 3.8) is 0 Å². The standard InChI is InChI=1S/C22H22N2O/c1-2-3-15-24(17-18-9-5-4-6-10-18)22(25)14-13-19-16-23-21-12-8-7-11-20(19)21/h2,4-14,16,23H,1,3,15,17H2/b14-13+. The second-order valence-corrected chi connectivity index (χ2v) is 5.95. The molecule has 0 fully saturated rings. The average Bonchev–Trinajstić information content (AvgIpc) is 3.07. The lowest BCUT2D eigenvalue weighted by molar-refractivity contribution is -0.126. The first-order chi connectivity index (χ1) is 12.3. The summed E-state index contributed by atoms with van der Waals surface area (Å²) in [5, 5.41) is 1.12. The van der Waals surface area contributed by atoms with Crippen molar-refractivity contribution in [2.45, 2.75) is 13.0 Å². The molecule has 3 nitrogen and oxygen atoms in total. The minimum atomic E-state index is 0.0102. The molecule has 3 aromatic rings. The van der Waals surface area contributed by atoms with E-state index in [1.54, 1.807) is 6.08 Å². The fraction of sp³-hybridized carbons (Fsp3) is 0.136. The van der Waals surface area contributed by atoms with Crippen molar-refractivity contribution in [1.29, 1.82) is 0 Å². The maximum absolute atomic E-state index is 12.7. The minimum absolute atomic E-state index is 0.0102. The number of H-pyrrole nitrogens is 1. The van der Waals surface area contributed by atoms with Crippen LogP contribution in [0.3, 0.4) is 0 Å². The number of carbonyl (C=O) groups is 1.